The summed E-state index contributed by atoms with van der Waals surface area (Å²) in [5, 5.41) is 9.51. The molecule has 2 amide bonds. The number of carbonyl (C=O) groups is 1. The summed E-state index contributed by atoms with van der Waals surface area (Å²) >= 11 is 0. The Morgan fingerprint density at radius 2 is 1.76 bits per heavy atom. The van der Waals surface area contributed by atoms with E-state index in [9.17, 15) is 9.18 Å². The van der Waals surface area contributed by atoms with Crippen LogP contribution in [0.1, 0.15) is 5.56 Å². The van der Waals surface area contributed by atoms with E-state index in [-0.39, 0.29) is 17.5 Å². The van der Waals surface area contributed by atoms with Gasteiger partial charge in [-0.1, -0.05) is 47.6 Å². The van der Waals surface area contributed by atoms with Crippen LogP contribution in [0.5, 0.6) is 0 Å². The van der Waals surface area contributed by atoms with E-state index in [0.717, 1.165) is 11.3 Å². The fraction of sp³-hybridized carbons (Fsp3) is 0.0455. The Kier molecular flexibility index (Phi) is 5.03. The number of rotatable bonds is 4. The van der Waals surface area contributed by atoms with Crippen molar-refractivity contribution in [3.63, 3.8) is 0 Å². The van der Waals surface area contributed by atoms with E-state index < -0.39 is 5.82 Å². The summed E-state index contributed by atoms with van der Waals surface area (Å²) < 4.78 is 19.1. The molecule has 1 heterocycles. The molecule has 2 N–H and O–H groups in total. The zero-order chi connectivity index (χ0) is 20.2. The van der Waals surface area contributed by atoms with Crippen molar-refractivity contribution >= 4 is 17.4 Å². The van der Waals surface area contributed by atoms with Gasteiger partial charge < -0.3 is 15.2 Å². The molecule has 0 saturated carbocycles. The Morgan fingerprint density at radius 1 is 0.966 bits per heavy atom. The highest BCUT2D eigenvalue weighted by molar-refractivity contribution is 6.00. The van der Waals surface area contributed by atoms with Crippen molar-refractivity contribution in [3.05, 3.63) is 84.2 Å². The minimum absolute atomic E-state index is 0.0914. The number of nitrogens with one attached hydrogen (secondary N) is 2. The maximum atomic E-state index is 13.9. The fourth-order valence-corrected chi connectivity index (χ4v) is 2.82. The van der Waals surface area contributed by atoms with Gasteiger partial charge in [0.15, 0.2) is 0 Å². The molecule has 1 aromatic heterocycles. The van der Waals surface area contributed by atoms with E-state index in [4.69, 9.17) is 4.52 Å². The molecule has 0 spiro atoms. The number of para-hydroxylation sites is 1. The lowest BCUT2D eigenvalue weighted by Crippen LogP contribution is -2.19. The molecular weight excluding hydrogens is 371 g/mol. The number of anilines is 2. The van der Waals surface area contributed by atoms with Crippen LogP contribution in [0.15, 0.2) is 77.3 Å². The average molecular weight is 388 g/mol. The highest BCUT2D eigenvalue weighted by atomic mass is 19.1. The van der Waals surface area contributed by atoms with Gasteiger partial charge in [-0.15, -0.1) is 0 Å². The zero-order valence-electron chi connectivity index (χ0n) is 15.5. The molecule has 0 radical (unpaired) electrons. The molecule has 6 nitrogen and oxygen atoms in total. The zero-order valence-corrected chi connectivity index (χ0v) is 15.5. The van der Waals surface area contributed by atoms with Gasteiger partial charge in [0.25, 0.3) is 5.89 Å². The Labute approximate surface area is 166 Å². The minimum Gasteiger partial charge on any atom is -0.334 e. The number of aryl methyl sites for hydroxylation is 1. The summed E-state index contributed by atoms with van der Waals surface area (Å²) in [5.74, 6) is -0.0500. The Morgan fingerprint density at radius 3 is 2.59 bits per heavy atom. The Bertz CT molecular complexity index is 1170. The van der Waals surface area contributed by atoms with Crippen molar-refractivity contribution in [2.75, 3.05) is 10.6 Å². The third-order valence-electron chi connectivity index (χ3n) is 4.30. The Balaban J connectivity index is 1.51. The molecule has 0 aliphatic heterocycles. The number of carbonyl (C=O) groups excluding carboxylic acids is 1. The topological polar surface area (TPSA) is 80.0 Å². The maximum Gasteiger partial charge on any atom is 0.323 e. The molecule has 0 unspecified atom stereocenters. The number of nitrogens with zero attached hydrogens (tertiary/aromatic N) is 2. The molecule has 0 atom stereocenters. The van der Waals surface area contributed by atoms with Crippen molar-refractivity contribution < 1.29 is 13.7 Å². The number of urea groups is 1. The summed E-state index contributed by atoms with van der Waals surface area (Å²) in [6.07, 6.45) is 0. The fourth-order valence-electron chi connectivity index (χ4n) is 2.82. The predicted molar refractivity (Wildman–Crippen MR) is 109 cm³/mol. The second kappa shape index (κ2) is 7.93. The molecule has 4 rings (SSSR count). The first-order valence-corrected chi connectivity index (χ1v) is 8.93. The van der Waals surface area contributed by atoms with Crippen LogP contribution in [0.2, 0.25) is 0 Å². The van der Waals surface area contributed by atoms with E-state index >= 15 is 0 Å². The summed E-state index contributed by atoms with van der Waals surface area (Å²) in [6, 6.07) is 20.3. The number of amides is 2. The van der Waals surface area contributed by atoms with Crippen molar-refractivity contribution in [1.82, 2.24) is 10.1 Å². The summed E-state index contributed by atoms with van der Waals surface area (Å²) in [4.78, 5) is 16.6. The van der Waals surface area contributed by atoms with E-state index in [2.05, 4.69) is 20.8 Å². The third-order valence-corrected chi connectivity index (χ3v) is 4.30. The summed E-state index contributed by atoms with van der Waals surface area (Å²) in [7, 11) is 0. The van der Waals surface area contributed by atoms with Crippen LogP contribution < -0.4 is 10.6 Å². The quantitative estimate of drug-likeness (QED) is 0.484. The molecule has 0 fully saturated rings. The molecule has 7 heteroatoms. The summed E-state index contributed by atoms with van der Waals surface area (Å²) in [5.41, 5.74) is 3.12. The number of hydrogen-bond donors (Lipinski definition) is 2. The highest BCUT2D eigenvalue weighted by Gasteiger charge is 2.14. The van der Waals surface area contributed by atoms with E-state index in [1.54, 1.807) is 42.5 Å². The van der Waals surface area contributed by atoms with Crippen LogP contribution in [0.4, 0.5) is 20.6 Å². The van der Waals surface area contributed by atoms with Gasteiger partial charge in [-0.25, -0.2) is 9.18 Å². The van der Waals surface area contributed by atoms with Crippen LogP contribution in [0.25, 0.3) is 22.8 Å². The second-order valence-electron chi connectivity index (χ2n) is 6.38. The minimum atomic E-state index is -0.439. The lowest BCUT2D eigenvalue weighted by molar-refractivity contribution is 0.262. The van der Waals surface area contributed by atoms with Gasteiger partial charge in [0.05, 0.1) is 5.56 Å². The normalized spacial score (nSPS) is 10.6. The molecule has 0 saturated heterocycles. The van der Waals surface area contributed by atoms with Gasteiger partial charge in [0.1, 0.15) is 5.82 Å². The van der Waals surface area contributed by atoms with Crippen molar-refractivity contribution in [3.8, 4) is 22.8 Å². The molecule has 29 heavy (non-hydrogen) atoms. The van der Waals surface area contributed by atoms with Gasteiger partial charge >= 0.3 is 6.03 Å². The lowest BCUT2D eigenvalue weighted by atomic mass is 10.2. The smallest absolute Gasteiger partial charge is 0.323 e. The van der Waals surface area contributed by atoms with Crippen molar-refractivity contribution in [1.29, 1.82) is 0 Å². The van der Waals surface area contributed by atoms with Crippen LogP contribution >= 0.6 is 0 Å². The third kappa shape index (κ3) is 4.14. The van der Waals surface area contributed by atoms with Gasteiger partial charge in [-0.2, -0.15) is 4.98 Å². The molecule has 144 valence electrons. The molecular formula is C22H17FN4O2. The lowest BCUT2D eigenvalue weighted by Gasteiger charge is -2.10. The monoisotopic (exact) mass is 388 g/mol. The van der Waals surface area contributed by atoms with Gasteiger partial charge in [0.2, 0.25) is 5.82 Å². The highest BCUT2D eigenvalue weighted by Crippen LogP contribution is 2.25. The predicted octanol–water partition coefficient (Wildman–Crippen LogP) is 5.50. The molecule has 0 aliphatic rings. The van der Waals surface area contributed by atoms with Crippen LogP contribution in [-0.2, 0) is 0 Å². The number of halogens is 1. The maximum absolute atomic E-state index is 13.9. The number of hydrogen-bond acceptors (Lipinski definition) is 4. The first-order valence-electron chi connectivity index (χ1n) is 8.93. The van der Waals surface area contributed by atoms with E-state index in [1.165, 1.54) is 6.07 Å². The molecule has 4 aromatic rings. The molecule has 3 aromatic carbocycles. The SMILES string of the molecule is Cc1ccccc1NC(=O)Nc1cccc(-c2noc(-c3ccccc3F)n2)c1. The largest absolute Gasteiger partial charge is 0.334 e. The molecule has 0 bridgehead atoms. The van der Waals surface area contributed by atoms with Crippen LogP contribution in [0, 0.1) is 12.7 Å². The summed E-state index contributed by atoms with van der Waals surface area (Å²) in [6.45, 7) is 1.92. The first-order chi connectivity index (χ1) is 14.1. The second-order valence-corrected chi connectivity index (χ2v) is 6.38. The van der Waals surface area contributed by atoms with Crippen LogP contribution in [-0.4, -0.2) is 16.2 Å². The first kappa shape index (κ1) is 18.4. The van der Waals surface area contributed by atoms with Gasteiger partial charge in [0, 0.05) is 16.9 Å². The van der Waals surface area contributed by atoms with Gasteiger partial charge in [-0.3, -0.25) is 0 Å². The molecule has 0 aliphatic carbocycles. The Hall–Kier alpha value is -4.00. The number of aromatic nitrogens is 2. The van der Waals surface area contributed by atoms with Gasteiger partial charge in [-0.05, 0) is 42.8 Å². The van der Waals surface area contributed by atoms with Crippen LogP contribution in [0.3, 0.4) is 0 Å². The standard InChI is InChI=1S/C22H17FN4O2/c1-14-7-2-5-12-19(14)25-22(28)24-16-9-6-8-15(13-16)20-26-21(29-27-20)17-10-3-4-11-18(17)23/h2-13H,1H3,(H2,24,25,28). The average Bonchev–Trinajstić information content (AvgIpc) is 3.20. The number of benzene rings is 3. The van der Waals surface area contributed by atoms with Crippen molar-refractivity contribution in [2.24, 2.45) is 0 Å². The van der Waals surface area contributed by atoms with E-state index in [0.29, 0.717) is 17.1 Å². The van der Waals surface area contributed by atoms with E-state index in [1.807, 2.05) is 31.2 Å². The van der Waals surface area contributed by atoms with Crippen molar-refractivity contribution in [2.45, 2.75) is 6.92 Å².